The summed E-state index contributed by atoms with van der Waals surface area (Å²) in [7, 11) is 0. The number of halogens is 1. The summed E-state index contributed by atoms with van der Waals surface area (Å²) in [5.41, 5.74) is 1.24. The molecular formula is C14H19BrO. The Balaban J connectivity index is 2.46. The van der Waals surface area contributed by atoms with Crippen molar-refractivity contribution < 1.29 is 4.79 Å². The van der Waals surface area contributed by atoms with Crippen molar-refractivity contribution in [2.24, 2.45) is 11.8 Å². The topological polar surface area (TPSA) is 17.1 Å². The van der Waals surface area contributed by atoms with Crippen molar-refractivity contribution in [3.8, 4) is 0 Å². The van der Waals surface area contributed by atoms with Gasteiger partial charge in [-0.15, -0.1) is 0 Å². The third-order valence-electron chi connectivity index (χ3n) is 2.89. The van der Waals surface area contributed by atoms with Crippen LogP contribution in [0.25, 0.3) is 0 Å². The SMILES string of the molecule is CC(C)C(CBr)C(=O)CCc1ccccc1. The second-order valence-electron chi connectivity index (χ2n) is 4.46. The van der Waals surface area contributed by atoms with Crippen LogP contribution in [0.15, 0.2) is 30.3 Å². The van der Waals surface area contributed by atoms with Crippen molar-refractivity contribution in [1.82, 2.24) is 0 Å². The Morgan fingerprint density at radius 3 is 2.38 bits per heavy atom. The molecule has 0 aliphatic rings. The smallest absolute Gasteiger partial charge is 0.137 e. The zero-order valence-electron chi connectivity index (χ0n) is 9.95. The number of carbonyl (C=O) groups is 1. The lowest BCUT2D eigenvalue weighted by Gasteiger charge is -2.16. The number of benzene rings is 1. The lowest BCUT2D eigenvalue weighted by molar-refractivity contribution is -0.123. The van der Waals surface area contributed by atoms with E-state index in [1.165, 1.54) is 5.56 Å². The molecule has 1 aromatic carbocycles. The fourth-order valence-corrected chi connectivity index (χ4v) is 2.84. The van der Waals surface area contributed by atoms with Crippen molar-refractivity contribution >= 4 is 21.7 Å². The molecule has 0 saturated heterocycles. The fraction of sp³-hybridized carbons (Fsp3) is 0.500. The zero-order valence-corrected chi connectivity index (χ0v) is 11.5. The normalized spacial score (nSPS) is 12.8. The second-order valence-corrected chi connectivity index (χ2v) is 5.10. The highest BCUT2D eigenvalue weighted by Crippen LogP contribution is 2.17. The van der Waals surface area contributed by atoms with Gasteiger partial charge in [0.05, 0.1) is 0 Å². The van der Waals surface area contributed by atoms with E-state index in [-0.39, 0.29) is 5.92 Å². The van der Waals surface area contributed by atoms with Crippen molar-refractivity contribution in [3.63, 3.8) is 0 Å². The first kappa shape index (κ1) is 13.4. The average molecular weight is 283 g/mol. The average Bonchev–Trinajstić information content (AvgIpc) is 2.28. The van der Waals surface area contributed by atoms with Gasteiger partial charge in [-0.25, -0.2) is 0 Å². The number of alkyl halides is 1. The largest absolute Gasteiger partial charge is 0.299 e. The highest BCUT2D eigenvalue weighted by molar-refractivity contribution is 9.09. The third kappa shape index (κ3) is 4.09. The molecular weight excluding hydrogens is 264 g/mol. The first-order valence-corrected chi connectivity index (χ1v) is 6.90. The molecule has 16 heavy (non-hydrogen) atoms. The minimum Gasteiger partial charge on any atom is -0.299 e. The molecule has 1 nitrogen and oxygen atoms in total. The minimum atomic E-state index is 0.156. The van der Waals surface area contributed by atoms with Crippen molar-refractivity contribution in [2.75, 3.05) is 5.33 Å². The zero-order chi connectivity index (χ0) is 12.0. The number of Topliss-reactive ketones (excluding diaryl/α,β-unsaturated/α-hetero) is 1. The molecule has 1 unspecified atom stereocenters. The number of hydrogen-bond donors (Lipinski definition) is 0. The standard InChI is InChI=1S/C14H19BrO/c1-11(2)13(10-15)14(16)9-8-12-6-4-3-5-7-12/h3-7,11,13H,8-10H2,1-2H3. The van der Waals surface area contributed by atoms with Gasteiger partial charge >= 0.3 is 0 Å². The Kier molecular flexibility index (Phi) is 5.75. The Bertz CT molecular complexity index is 319. The maximum Gasteiger partial charge on any atom is 0.137 e. The number of aryl methyl sites for hydroxylation is 1. The van der Waals surface area contributed by atoms with Gasteiger partial charge in [0, 0.05) is 17.7 Å². The number of carbonyl (C=O) groups excluding carboxylic acids is 1. The number of rotatable bonds is 6. The summed E-state index contributed by atoms with van der Waals surface area (Å²) >= 11 is 3.42. The monoisotopic (exact) mass is 282 g/mol. The summed E-state index contributed by atoms with van der Waals surface area (Å²) in [4.78, 5) is 12.0. The molecule has 0 aliphatic heterocycles. The lowest BCUT2D eigenvalue weighted by atomic mass is 9.90. The Labute approximate surface area is 106 Å². The Morgan fingerprint density at radius 1 is 1.25 bits per heavy atom. The summed E-state index contributed by atoms with van der Waals surface area (Å²) < 4.78 is 0. The summed E-state index contributed by atoms with van der Waals surface area (Å²) in [6.07, 6.45) is 1.51. The maximum atomic E-state index is 12.0. The van der Waals surface area contributed by atoms with Crippen molar-refractivity contribution in [1.29, 1.82) is 0 Å². The van der Waals surface area contributed by atoms with Crippen LogP contribution >= 0.6 is 15.9 Å². The third-order valence-corrected chi connectivity index (χ3v) is 3.59. The minimum absolute atomic E-state index is 0.156. The molecule has 1 atom stereocenters. The van der Waals surface area contributed by atoms with E-state index in [0.717, 1.165) is 11.8 Å². The quantitative estimate of drug-likeness (QED) is 0.725. The van der Waals surface area contributed by atoms with E-state index in [0.29, 0.717) is 18.1 Å². The first-order valence-electron chi connectivity index (χ1n) is 5.77. The van der Waals surface area contributed by atoms with Crippen LogP contribution in [0, 0.1) is 11.8 Å². The predicted octanol–water partition coefficient (Wildman–Crippen LogP) is 3.86. The summed E-state index contributed by atoms with van der Waals surface area (Å²) in [5.74, 6) is 0.946. The molecule has 88 valence electrons. The molecule has 0 heterocycles. The molecule has 1 aromatic rings. The molecule has 0 spiro atoms. The van der Waals surface area contributed by atoms with E-state index in [2.05, 4.69) is 41.9 Å². The van der Waals surface area contributed by atoms with Crippen LogP contribution in [0.2, 0.25) is 0 Å². The van der Waals surface area contributed by atoms with E-state index in [1.807, 2.05) is 18.2 Å². The Morgan fingerprint density at radius 2 is 1.88 bits per heavy atom. The highest BCUT2D eigenvalue weighted by Gasteiger charge is 2.20. The van der Waals surface area contributed by atoms with Gasteiger partial charge in [-0.3, -0.25) is 4.79 Å². The van der Waals surface area contributed by atoms with Crippen molar-refractivity contribution in [2.45, 2.75) is 26.7 Å². The van der Waals surface area contributed by atoms with Crippen LogP contribution in [0.1, 0.15) is 25.8 Å². The van der Waals surface area contributed by atoms with Gasteiger partial charge in [0.2, 0.25) is 0 Å². The summed E-state index contributed by atoms with van der Waals surface area (Å²) in [5, 5.41) is 0.776. The molecule has 0 fully saturated rings. The van der Waals surface area contributed by atoms with Crippen LogP contribution in [0.4, 0.5) is 0 Å². The Hall–Kier alpha value is -0.630. The van der Waals surface area contributed by atoms with Gasteiger partial charge in [-0.2, -0.15) is 0 Å². The fourth-order valence-electron chi connectivity index (χ4n) is 1.73. The van der Waals surface area contributed by atoms with Gasteiger partial charge in [0.25, 0.3) is 0 Å². The number of ketones is 1. The van der Waals surface area contributed by atoms with Gasteiger partial charge < -0.3 is 0 Å². The van der Waals surface area contributed by atoms with E-state index in [4.69, 9.17) is 0 Å². The van der Waals surface area contributed by atoms with Crippen LogP contribution < -0.4 is 0 Å². The molecule has 0 radical (unpaired) electrons. The molecule has 0 N–H and O–H groups in total. The van der Waals surface area contributed by atoms with E-state index in [1.54, 1.807) is 0 Å². The lowest BCUT2D eigenvalue weighted by Crippen LogP contribution is -2.22. The van der Waals surface area contributed by atoms with E-state index in [9.17, 15) is 4.79 Å². The van der Waals surface area contributed by atoms with E-state index < -0.39 is 0 Å². The van der Waals surface area contributed by atoms with Crippen LogP contribution in [0.3, 0.4) is 0 Å². The van der Waals surface area contributed by atoms with Crippen LogP contribution in [-0.4, -0.2) is 11.1 Å². The van der Waals surface area contributed by atoms with Crippen molar-refractivity contribution in [3.05, 3.63) is 35.9 Å². The van der Waals surface area contributed by atoms with Gasteiger partial charge in [0.1, 0.15) is 5.78 Å². The van der Waals surface area contributed by atoms with Crippen LogP contribution in [-0.2, 0) is 11.2 Å². The molecule has 0 aliphatic carbocycles. The summed E-state index contributed by atoms with van der Waals surface area (Å²) in [6, 6.07) is 10.2. The molecule has 2 heteroatoms. The van der Waals surface area contributed by atoms with Gasteiger partial charge in [-0.05, 0) is 17.9 Å². The molecule has 0 saturated carbocycles. The highest BCUT2D eigenvalue weighted by atomic mass is 79.9. The molecule has 0 aromatic heterocycles. The van der Waals surface area contributed by atoms with E-state index >= 15 is 0 Å². The molecule has 0 bridgehead atoms. The molecule has 1 rings (SSSR count). The van der Waals surface area contributed by atoms with Gasteiger partial charge in [-0.1, -0.05) is 60.1 Å². The first-order chi connectivity index (χ1) is 7.65. The predicted molar refractivity (Wildman–Crippen MR) is 71.9 cm³/mol. The van der Waals surface area contributed by atoms with Gasteiger partial charge in [0.15, 0.2) is 0 Å². The maximum absolute atomic E-state index is 12.0. The second kappa shape index (κ2) is 6.85. The van der Waals surface area contributed by atoms with Crippen LogP contribution in [0.5, 0.6) is 0 Å². The number of hydrogen-bond acceptors (Lipinski definition) is 1. The summed E-state index contributed by atoms with van der Waals surface area (Å²) in [6.45, 7) is 4.21. The molecule has 0 amide bonds.